The van der Waals surface area contributed by atoms with E-state index in [0.717, 1.165) is 22.4 Å². The molecule has 8 heteroatoms. The van der Waals surface area contributed by atoms with Crippen LogP contribution in [0.15, 0.2) is 60.7 Å². The molecule has 3 aliphatic rings. The van der Waals surface area contributed by atoms with Gasteiger partial charge in [-0.15, -0.1) is 0 Å². The molecule has 1 saturated heterocycles. The highest BCUT2D eigenvalue weighted by Gasteiger charge is 2.49. The second kappa shape index (κ2) is 7.94. The molecule has 0 radical (unpaired) electrons. The molecule has 8 nitrogen and oxygen atoms in total. The van der Waals surface area contributed by atoms with Crippen LogP contribution in [-0.4, -0.2) is 24.5 Å². The zero-order valence-corrected chi connectivity index (χ0v) is 19.5. The molecule has 2 unspecified atom stereocenters. The summed E-state index contributed by atoms with van der Waals surface area (Å²) in [5, 5.41) is 6.04. The van der Waals surface area contributed by atoms with Crippen molar-refractivity contribution < 1.29 is 23.8 Å². The summed E-state index contributed by atoms with van der Waals surface area (Å²) >= 11 is 0. The van der Waals surface area contributed by atoms with Crippen molar-refractivity contribution in [1.29, 1.82) is 0 Å². The fourth-order valence-electron chi connectivity index (χ4n) is 5.01. The summed E-state index contributed by atoms with van der Waals surface area (Å²) < 4.78 is 17.1. The van der Waals surface area contributed by atoms with Crippen LogP contribution < -0.4 is 29.7 Å². The van der Waals surface area contributed by atoms with E-state index in [1.807, 2.05) is 50.2 Å². The number of benzene rings is 3. The van der Waals surface area contributed by atoms with Gasteiger partial charge in [-0.05, 0) is 55.8 Å². The smallest absolute Gasteiger partial charge is 0.325 e. The van der Waals surface area contributed by atoms with Gasteiger partial charge in [-0.2, -0.15) is 0 Å². The van der Waals surface area contributed by atoms with E-state index in [9.17, 15) is 9.59 Å². The molecule has 35 heavy (non-hydrogen) atoms. The van der Waals surface area contributed by atoms with E-state index in [4.69, 9.17) is 14.2 Å². The largest absolute Gasteiger partial charge is 0.467 e. The predicted octanol–water partition coefficient (Wildman–Crippen LogP) is 4.42. The molecule has 0 aliphatic carbocycles. The van der Waals surface area contributed by atoms with Crippen molar-refractivity contribution >= 4 is 17.6 Å². The molecule has 1 fully saturated rings. The van der Waals surface area contributed by atoms with Crippen LogP contribution in [0, 0.1) is 6.92 Å². The van der Waals surface area contributed by atoms with Gasteiger partial charge in [0, 0.05) is 24.1 Å². The first-order chi connectivity index (χ1) is 16.9. The second-order valence-electron chi connectivity index (χ2n) is 9.28. The zero-order valence-electron chi connectivity index (χ0n) is 19.5. The van der Waals surface area contributed by atoms with Crippen molar-refractivity contribution in [2.75, 3.05) is 11.7 Å². The van der Waals surface area contributed by atoms with Gasteiger partial charge in [-0.25, -0.2) is 4.79 Å². The van der Waals surface area contributed by atoms with Crippen molar-refractivity contribution in [2.45, 2.75) is 38.6 Å². The first-order valence-electron chi connectivity index (χ1n) is 11.6. The van der Waals surface area contributed by atoms with Gasteiger partial charge in [0.05, 0.1) is 11.7 Å². The monoisotopic (exact) mass is 471 g/mol. The highest BCUT2D eigenvalue weighted by Crippen LogP contribution is 2.45. The number of hydrogen-bond donors (Lipinski definition) is 2. The number of fused-ring (bicyclic) bond motifs is 5. The Hall–Kier alpha value is -4.20. The van der Waals surface area contributed by atoms with Crippen molar-refractivity contribution in [3.8, 4) is 17.2 Å². The summed E-state index contributed by atoms with van der Waals surface area (Å²) in [7, 11) is 0. The molecule has 3 aliphatic heterocycles. The summed E-state index contributed by atoms with van der Waals surface area (Å²) in [5.41, 5.74) is 3.18. The summed E-state index contributed by atoms with van der Waals surface area (Å²) in [4.78, 5) is 27.7. The van der Waals surface area contributed by atoms with Crippen molar-refractivity contribution in [3.05, 3.63) is 82.9 Å². The molecule has 0 saturated carbocycles. The number of amides is 3. The normalized spacial score (nSPS) is 21.6. The van der Waals surface area contributed by atoms with Crippen LogP contribution in [-0.2, 0) is 6.54 Å². The fourth-order valence-corrected chi connectivity index (χ4v) is 5.01. The van der Waals surface area contributed by atoms with E-state index in [2.05, 4.69) is 16.7 Å². The van der Waals surface area contributed by atoms with E-state index in [1.54, 1.807) is 23.1 Å². The lowest BCUT2D eigenvalue weighted by Gasteiger charge is -2.50. The number of carbonyl (C=O) groups excluding carboxylic acids is 2. The SMILES string of the molecule is Cc1ccc2c(c1)C1CC(C)(O2)N(c2cccc(C(=O)NCc3ccc4c(c3)OCO4)c2)C(=O)N1. The quantitative estimate of drug-likeness (QED) is 0.588. The topological polar surface area (TPSA) is 89.1 Å². The van der Waals surface area contributed by atoms with Gasteiger partial charge in [0.25, 0.3) is 5.91 Å². The average molecular weight is 472 g/mol. The number of urea groups is 1. The van der Waals surface area contributed by atoms with Crippen LogP contribution >= 0.6 is 0 Å². The van der Waals surface area contributed by atoms with Gasteiger partial charge >= 0.3 is 6.03 Å². The molecule has 3 amide bonds. The highest BCUT2D eigenvalue weighted by atomic mass is 16.7. The number of nitrogens with one attached hydrogen (secondary N) is 2. The van der Waals surface area contributed by atoms with E-state index < -0.39 is 5.72 Å². The Bertz CT molecular complexity index is 1360. The van der Waals surface area contributed by atoms with E-state index in [0.29, 0.717) is 35.7 Å². The van der Waals surface area contributed by atoms with E-state index >= 15 is 0 Å². The number of rotatable bonds is 4. The van der Waals surface area contributed by atoms with Gasteiger partial charge in [0.15, 0.2) is 17.2 Å². The molecule has 0 spiro atoms. The fraction of sp³-hybridized carbons (Fsp3) is 0.259. The van der Waals surface area contributed by atoms with Gasteiger partial charge < -0.3 is 24.8 Å². The van der Waals surface area contributed by atoms with Crippen LogP contribution in [0.5, 0.6) is 17.2 Å². The third-order valence-corrected chi connectivity index (χ3v) is 6.68. The van der Waals surface area contributed by atoms with Crippen molar-refractivity contribution in [1.82, 2.24) is 10.6 Å². The molecule has 6 rings (SSSR count). The van der Waals surface area contributed by atoms with Gasteiger partial charge in [0.2, 0.25) is 6.79 Å². The van der Waals surface area contributed by atoms with Gasteiger partial charge in [-0.1, -0.05) is 29.8 Å². The molecule has 0 aromatic heterocycles. The Labute approximate surface area is 202 Å². The first-order valence-corrected chi connectivity index (χ1v) is 11.6. The first kappa shape index (κ1) is 21.3. The van der Waals surface area contributed by atoms with Crippen LogP contribution in [0.3, 0.4) is 0 Å². The molecular weight excluding hydrogens is 446 g/mol. The lowest BCUT2D eigenvalue weighted by Crippen LogP contribution is -2.65. The minimum atomic E-state index is -0.878. The molecule has 3 aromatic carbocycles. The Kier molecular flexibility index (Phi) is 4.84. The minimum Gasteiger partial charge on any atom is -0.467 e. The number of hydrogen-bond acceptors (Lipinski definition) is 5. The zero-order chi connectivity index (χ0) is 24.2. The molecule has 2 atom stereocenters. The maximum atomic E-state index is 13.2. The number of anilines is 1. The van der Waals surface area contributed by atoms with Crippen LogP contribution in [0.25, 0.3) is 0 Å². The summed E-state index contributed by atoms with van der Waals surface area (Å²) in [5.74, 6) is 1.89. The maximum absolute atomic E-state index is 13.2. The van der Waals surface area contributed by atoms with E-state index in [1.165, 1.54) is 0 Å². The van der Waals surface area contributed by atoms with Crippen LogP contribution in [0.4, 0.5) is 10.5 Å². The molecule has 2 bridgehead atoms. The Balaban J connectivity index is 1.22. The van der Waals surface area contributed by atoms with Gasteiger partial charge in [0.1, 0.15) is 5.75 Å². The van der Waals surface area contributed by atoms with E-state index in [-0.39, 0.29) is 24.8 Å². The maximum Gasteiger partial charge on any atom is 0.325 e. The summed E-state index contributed by atoms with van der Waals surface area (Å²) in [6, 6.07) is 18.2. The minimum absolute atomic E-state index is 0.124. The molecule has 3 heterocycles. The standard InChI is InChI=1S/C27H25N3O5/c1-16-6-8-22-20(10-16)21-13-27(2,35-22)30(26(32)29-21)19-5-3-4-18(12-19)25(31)28-14-17-7-9-23-24(11-17)34-15-33-23/h3-12,21H,13-15H2,1-2H3,(H,28,31)(H,29,32). The second-order valence-corrected chi connectivity index (χ2v) is 9.28. The summed E-state index contributed by atoms with van der Waals surface area (Å²) in [6.45, 7) is 4.47. The molecular formula is C27H25N3O5. The average Bonchev–Trinajstić information content (AvgIpc) is 3.31. The molecule has 178 valence electrons. The number of aryl methyl sites for hydroxylation is 1. The lowest BCUT2D eigenvalue weighted by atomic mass is 9.89. The third kappa shape index (κ3) is 3.71. The highest BCUT2D eigenvalue weighted by molar-refractivity contribution is 5.99. The number of carbonyl (C=O) groups is 2. The third-order valence-electron chi connectivity index (χ3n) is 6.68. The lowest BCUT2D eigenvalue weighted by molar-refractivity contribution is 0.0378. The predicted molar refractivity (Wildman–Crippen MR) is 129 cm³/mol. The van der Waals surface area contributed by atoms with Gasteiger partial charge in [-0.3, -0.25) is 9.69 Å². The number of ether oxygens (including phenoxy) is 3. The van der Waals surface area contributed by atoms with Crippen molar-refractivity contribution in [3.63, 3.8) is 0 Å². The Morgan fingerprint density at radius 2 is 1.91 bits per heavy atom. The molecule has 2 N–H and O–H groups in total. The molecule has 3 aromatic rings. The Morgan fingerprint density at radius 3 is 2.80 bits per heavy atom. The van der Waals surface area contributed by atoms with Crippen molar-refractivity contribution in [2.24, 2.45) is 0 Å². The summed E-state index contributed by atoms with van der Waals surface area (Å²) in [6.07, 6.45) is 0.593. The number of nitrogens with zero attached hydrogens (tertiary/aromatic N) is 1. The van der Waals surface area contributed by atoms with Crippen LogP contribution in [0.1, 0.15) is 46.4 Å². The Morgan fingerprint density at radius 1 is 1.09 bits per heavy atom. The van der Waals surface area contributed by atoms with Crippen LogP contribution in [0.2, 0.25) is 0 Å².